The van der Waals surface area contributed by atoms with Crippen molar-refractivity contribution in [2.24, 2.45) is 0 Å². The van der Waals surface area contributed by atoms with E-state index in [1.54, 1.807) is 44.4 Å². The van der Waals surface area contributed by atoms with Crippen molar-refractivity contribution in [1.82, 2.24) is 20.1 Å². The number of nitrogens with zero attached hydrogens (tertiary/aromatic N) is 3. The summed E-state index contributed by atoms with van der Waals surface area (Å²) in [5.74, 6) is -0.339. The number of hydrogen-bond donors (Lipinski definition) is 2. The summed E-state index contributed by atoms with van der Waals surface area (Å²) in [6.45, 7) is 5.51. The number of aromatic nitrogens is 3. The van der Waals surface area contributed by atoms with Crippen molar-refractivity contribution in [3.63, 3.8) is 0 Å². The number of benzene rings is 1. The fraction of sp³-hybridized carbons (Fsp3) is 0.200. The molecule has 8 heteroatoms. The van der Waals surface area contributed by atoms with E-state index in [4.69, 9.17) is 11.6 Å². The molecule has 2 amide bonds. The van der Waals surface area contributed by atoms with Crippen LogP contribution in [0.1, 0.15) is 37.7 Å². The summed E-state index contributed by atoms with van der Waals surface area (Å²) >= 11 is 6.23. The van der Waals surface area contributed by atoms with Gasteiger partial charge in [-0.15, -0.1) is 0 Å². The second-order valence-corrected chi connectivity index (χ2v) is 6.84. The number of pyridine rings is 1. The zero-order valence-corrected chi connectivity index (χ0v) is 16.8. The summed E-state index contributed by atoms with van der Waals surface area (Å²) in [6.07, 6.45) is 1.58. The number of carbonyl (C=O) groups excluding carboxylic acids is 2. The smallest absolute Gasteiger partial charge is 0.274 e. The molecule has 0 fully saturated rings. The Morgan fingerprint density at radius 2 is 1.86 bits per heavy atom. The maximum atomic E-state index is 13.1. The number of rotatable bonds is 4. The highest BCUT2D eigenvalue weighted by Gasteiger charge is 2.21. The predicted octanol–water partition coefficient (Wildman–Crippen LogP) is 3.46. The molecule has 2 N–H and O–H groups in total. The predicted molar refractivity (Wildman–Crippen MR) is 108 cm³/mol. The van der Waals surface area contributed by atoms with Gasteiger partial charge in [0.15, 0.2) is 5.82 Å². The van der Waals surface area contributed by atoms with Gasteiger partial charge in [0.2, 0.25) is 0 Å². The monoisotopic (exact) mass is 397 g/mol. The molecule has 3 rings (SSSR count). The summed E-state index contributed by atoms with van der Waals surface area (Å²) < 4.78 is 1.40. The number of nitrogens with one attached hydrogen (secondary N) is 2. The first kappa shape index (κ1) is 19.6. The zero-order chi connectivity index (χ0) is 20.4. The first-order chi connectivity index (χ1) is 13.3. The van der Waals surface area contributed by atoms with Gasteiger partial charge in [0.25, 0.3) is 11.8 Å². The van der Waals surface area contributed by atoms with Gasteiger partial charge in [-0.25, -0.2) is 9.67 Å². The molecule has 0 aliphatic rings. The van der Waals surface area contributed by atoms with Gasteiger partial charge in [-0.1, -0.05) is 17.7 Å². The van der Waals surface area contributed by atoms with E-state index < -0.39 is 5.91 Å². The van der Waals surface area contributed by atoms with Crippen LogP contribution in [0, 0.1) is 20.8 Å². The van der Waals surface area contributed by atoms with Crippen LogP contribution in [0.5, 0.6) is 0 Å². The zero-order valence-electron chi connectivity index (χ0n) is 16.0. The number of halogens is 1. The van der Waals surface area contributed by atoms with E-state index in [9.17, 15) is 9.59 Å². The minimum atomic E-state index is -0.417. The third-order valence-corrected chi connectivity index (χ3v) is 4.49. The van der Waals surface area contributed by atoms with Gasteiger partial charge < -0.3 is 10.6 Å². The van der Waals surface area contributed by atoms with Crippen LogP contribution in [0.25, 0.3) is 5.82 Å². The molecule has 0 radical (unpaired) electrons. The van der Waals surface area contributed by atoms with Gasteiger partial charge in [-0.05, 0) is 56.2 Å². The Morgan fingerprint density at radius 3 is 2.54 bits per heavy atom. The molecule has 144 valence electrons. The number of carbonyl (C=O) groups is 2. The van der Waals surface area contributed by atoms with Crippen LogP contribution in [-0.2, 0) is 0 Å². The molecule has 1 aromatic carbocycles. The number of anilines is 1. The molecule has 0 saturated carbocycles. The van der Waals surface area contributed by atoms with Gasteiger partial charge in [0.05, 0.1) is 22.0 Å². The van der Waals surface area contributed by atoms with Crippen LogP contribution in [0.3, 0.4) is 0 Å². The van der Waals surface area contributed by atoms with Crippen LogP contribution in [0.2, 0.25) is 5.02 Å². The van der Waals surface area contributed by atoms with Crippen LogP contribution in [-0.4, -0.2) is 33.6 Å². The molecule has 0 atom stereocenters. The topological polar surface area (TPSA) is 88.9 Å². The summed E-state index contributed by atoms with van der Waals surface area (Å²) in [5, 5.41) is 10.2. The fourth-order valence-electron chi connectivity index (χ4n) is 2.98. The van der Waals surface area contributed by atoms with Crippen molar-refractivity contribution < 1.29 is 9.59 Å². The molecule has 0 spiro atoms. The SMILES string of the molecule is CNC(=O)c1cc(C)cc(C)c1NC(=O)c1cc(C)nn1-c1ncccc1Cl. The number of hydrogen-bond acceptors (Lipinski definition) is 4. The highest BCUT2D eigenvalue weighted by Crippen LogP contribution is 2.25. The average Bonchev–Trinajstić information content (AvgIpc) is 3.05. The van der Waals surface area contributed by atoms with Crippen LogP contribution >= 0.6 is 11.6 Å². The van der Waals surface area contributed by atoms with E-state index in [1.807, 2.05) is 19.9 Å². The molecule has 2 aromatic heterocycles. The Morgan fingerprint density at radius 1 is 1.11 bits per heavy atom. The largest absolute Gasteiger partial charge is 0.355 e. The normalized spacial score (nSPS) is 10.6. The van der Waals surface area contributed by atoms with E-state index in [1.165, 1.54) is 4.68 Å². The Balaban J connectivity index is 2.05. The third-order valence-electron chi connectivity index (χ3n) is 4.19. The molecule has 7 nitrogen and oxygen atoms in total. The summed E-state index contributed by atoms with van der Waals surface area (Å²) in [6, 6.07) is 8.66. The van der Waals surface area contributed by atoms with Crippen molar-refractivity contribution >= 4 is 29.1 Å². The lowest BCUT2D eigenvalue weighted by molar-refractivity contribution is 0.0964. The van der Waals surface area contributed by atoms with Gasteiger partial charge in [-0.3, -0.25) is 9.59 Å². The van der Waals surface area contributed by atoms with Crippen molar-refractivity contribution in [2.75, 3.05) is 12.4 Å². The van der Waals surface area contributed by atoms with E-state index in [0.29, 0.717) is 27.8 Å². The quantitative estimate of drug-likeness (QED) is 0.705. The van der Waals surface area contributed by atoms with E-state index in [-0.39, 0.29) is 11.6 Å². The third kappa shape index (κ3) is 3.75. The van der Waals surface area contributed by atoms with Gasteiger partial charge >= 0.3 is 0 Å². The highest BCUT2D eigenvalue weighted by atomic mass is 35.5. The highest BCUT2D eigenvalue weighted by molar-refractivity contribution is 6.32. The second kappa shape index (κ2) is 7.82. The molecule has 0 unspecified atom stereocenters. The fourth-order valence-corrected chi connectivity index (χ4v) is 3.18. The Kier molecular flexibility index (Phi) is 5.46. The molecule has 3 aromatic rings. The Labute approximate surface area is 167 Å². The molecule has 2 heterocycles. The Hall–Kier alpha value is -3.19. The molecule has 0 bridgehead atoms. The molecule has 0 aliphatic carbocycles. The van der Waals surface area contributed by atoms with E-state index >= 15 is 0 Å². The molecule has 28 heavy (non-hydrogen) atoms. The lowest BCUT2D eigenvalue weighted by atomic mass is 10.0. The minimum absolute atomic E-state index is 0.265. The summed E-state index contributed by atoms with van der Waals surface area (Å²) in [4.78, 5) is 29.6. The maximum Gasteiger partial charge on any atom is 0.274 e. The number of amides is 2. The minimum Gasteiger partial charge on any atom is -0.355 e. The van der Waals surface area contributed by atoms with Gasteiger partial charge in [0.1, 0.15) is 5.69 Å². The van der Waals surface area contributed by atoms with E-state index in [2.05, 4.69) is 20.7 Å². The molecule has 0 aliphatic heterocycles. The average molecular weight is 398 g/mol. The lowest BCUT2D eigenvalue weighted by Gasteiger charge is -2.15. The van der Waals surface area contributed by atoms with Crippen LogP contribution in [0.4, 0.5) is 5.69 Å². The van der Waals surface area contributed by atoms with Gasteiger partial charge in [0, 0.05) is 13.2 Å². The van der Waals surface area contributed by atoms with Crippen molar-refractivity contribution in [1.29, 1.82) is 0 Å². The lowest BCUT2D eigenvalue weighted by Crippen LogP contribution is -2.23. The molecular weight excluding hydrogens is 378 g/mol. The second-order valence-electron chi connectivity index (χ2n) is 6.43. The Bertz CT molecular complexity index is 1070. The molecule has 0 saturated heterocycles. The standard InChI is InChI=1S/C20H20ClN5O2/c1-11-8-12(2)17(14(9-11)19(27)22-4)24-20(28)16-10-13(3)25-26(16)18-15(21)6-5-7-23-18/h5-10H,1-4H3,(H,22,27)(H,24,28). The van der Waals surface area contributed by atoms with E-state index in [0.717, 1.165) is 11.1 Å². The van der Waals surface area contributed by atoms with Crippen molar-refractivity contribution in [3.8, 4) is 5.82 Å². The molecular formula is C20H20ClN5O2. The summed E-state index contributed by atoms with van der Waals surface area (Å²) in [5.41, 5.74) is 3.46. The first-order valence-electron chi connectivity index (χ1n) is 8.64. The maximum absolute atomic E-state index is 13.1. The van der Waals surface area contributed by atoms with Gasteiger partial charge in [-0.2, -0.15) is 5.10 Å². The first-order valence-corrected chi connectivity index (χ1v) is 9.02. The number of aryl methyl sites for hydroxylation is 3. The van der Waals surface area contributed by atoms with Crippen LogP contribution in [0.15, 0.2) is 36.5 Å². The summed E-state index contributed by atoms with van der Waals surface area (Å²) in [7, 11) is 1.55. The van der Waals surface area contributed by atoms with Crippen molar-refractivity contribution in [2.45, 2.75) is 20.8 Å². The van der Waals surface area contributed by atoms with Crippen molar-refractivity contribution in [3.05, 3.63) is 69.6 Å². The van der Waals surface area contributed by atoms with Crippen LogP contribution < -0.4 is 10.6 Å².